The lowest BCUT2D eigenvalue weighted by Gasteiger charge is -2.63. The first-order chi connectivity index (χ1) is 7.94. The van der Waals surface area contributed by atoms with E-state index in [1.165, 1.54) is 0 Å². The predicted molar refractivity (Wildman–Crippen MR) is 74.2 cm³/mol. The number of rotatable bonds is 3. The van der Waals surface area contributed by atoms with Gasteiger partial charge in [-0.3, -0.25) is 4.79 Å². The highest BCUT2D eigenvalue weighted by Gasteiger charge is 2.60. The third-order valence-electron chi connectivity index (χ3n) is 4.64. The van der Waals surface area contributed by atoms with Crippen LogP contribution in [0.15, 0.2) is 0 Å². The fourth-order valence-electron chi connectivity index (χ4n) is 4.04. The minimum atomic E-state index is -0.720. The van der Waals surface area contributed by atoms with Gasteiger partial charge in [0.1, 0.15) is 0 Å². The highest BCUT2D eigenvalue weighted by atomic mass is 16.4. The summed E-state index contributed by atoms with van der Waals surface area (Å²) in [6.07, 6.45) is 1.15. The van der Waals surface area contributed by atoms with Crippen molar-refractivity contribution in [3.05, 3.63) is 0 Å². The molecular formula is C15H29NO2. The Kier molecular flexibility index (Phi) is 3.89. The minimum absolute atomic E-state index is 0.102. The number of hydrogen-bond acceptors (Lipinski definition) is 2. The summed E-state index contributed by atoms with van der Waals surface area (Å²) in [4.78, 5) is 11.1. The molecule has 1 unspecified atom stereocenters. The SMILES string of the molecule is CC(C)(C)[C@@H]1CC(CN)(CC(=O)O)[C@H]1C(C)(C)C. The molecule has 0 heterocycles. The highest BCUT2D eigenvalue weighted by molar-refractivity contribution is 5.68. The Bertz CT molecular complexity index is 324. The summed E-state index contributed by atoms with van der Waals surface area (Å²) in [6, 6.07) is 0. The molecule has 0 aromatic carbocycles. The van der Waals surface area contributed by atoms with Gasteiger partial charge < -0.3 is 10.8 Å². The van der Waals surface area contributed by atoms with Crippen molar-refractivity contribution in [3.8, 4) is 0 Å². The van der Waals surface area contributed by atoms with Gasteiger partial charge in [0.15, 0.2) is 0 Å². The van der Waals surface area contributed by atoms with E-state index >= 15 is 0 Å². The van der Waals surface area contributed by atoms with E-state index in [1.807, 2.05) is 0 Å². The Balaban J connectivity index is 3.06. The molecule has 1 aliphatic carbocycles. The monoisotopic (exact) mass is 255 g/mol. The topological polar surface area (TPSA) is 63.3 Å². The van der Waals surface area contributed by atoms with Crippen LogP contribution in [0.25, 0.3) is 0 Å². The molecule has 1 aliphatic rings. The molecule has 0 aromatic rings. The number of hydrogen-bond donors (Lipinski definition) is 2. The maximum Gasteiger partial charge on any atom is 0.303 e. The fraction of sp³-hybridized carbons (Fsp3) is 0.933. The normalized spacial score (nSPS) is 33.1. The van der Waals surface area contributed by atoms with Crippen LogP contribution >= 0.6 is 0 Å². The standard InChI is InChI=1S/C15H29NO2/c1-13(2,3)10-7-15(9-16,8-11(17)18)12(10)14(4,5)6/h10,12H,7-9,16H2,1-6H3,(H,17,18)/t10-,12-,15?/m1/s1. The van der Waals surface area contributed by atoms with Gasteiger partial charge in [-0.1, -0.05) is 41.5 Å². The average molecular weight is 255 g/mol. The molecular weight excluding hydrogens is 226 g/mol. The van der Waals surface area contributed by atoms with Crippen LogP contribution in [0, 0.1) is 28.1 Å². The van der Waals surface area contributed by atoms with Gasteiger partial charge in [-0.15, -0.1) is 0 Å². The first kappa shape index (κ1) is 15.5. The van der Waals surface area contributed by atoms with Gasteiger partial charge in [0.25, 0.3) is 0 Å². The van der Waals surface area contributed by atoms with Crippen molar-refractivity contribution in [2.45, 2.75) is 54.4 Å². The molecule has 0 aliphatic heterocycles. The van der Waals surface area contributed by atoms with Gasteiger partial charge in [0.2, 0.25) is 0 Å². The van der Waals surface area contributed by atoms with E-state index < -0.39 is 5.97 Å². The van der Waals surface area contributed by atoms with E-state index in [4.69, 9.17) is 10.8 Å². The molecule has 0 spiro atoms. The Morgan fingerprint density at radius 1 is 1.22 bits per heavy atom. The quantitative estimate of drug-likeness (QED) is 0.814. The van der Waals surface area contributed by atoms with Crippen LogP contribution < -0.4 is 5.73 Å². The van der Waals surface area contributed by atoms with E-state index in [0.717, 1.165) is 6.42 Å². The van der Waals surface area contributed by atoms with Crippen molar-refractivity contribution < 1.29 is 9.90 Å². The zero-order valence-electron chi connectivity index (χ0n) is 12.7. The van der Waals surface area contributed by atoms with Gasteiger partial charge in [0.05, 0.1) is 6.42 Å². The van der Waals surface area contributed by atoms with Crippen molar-refractivity contribution in [3.63, 3.8) is 0 Å². The average Bonchev–Trinajstić information content (AvgIpc) is 2.05. The molecule has 3 nitrogen and oxygen atoms in total. The number of aliphatic carboxylic acids is 1. The summed E-state index contributed by atoms with van der Waals surface area (Å²) in [5, 5.41) is 9.16. The second kappa shape index (κ2) is 4.52. The molecule has 3 N–H and O–H groups in total. The van der Waals surface area contributed by atoms with Gasteiger partial charge in [-0.25, -0.2) is 0 Å². The van der Waals surface area contributed by atoms with Gasteiger partial charge in [0, 0.05) is 0 Å². The van der Waals surface area contributed by atoms with Crippen LogP contribution in [0.4, 0.5) is 0 Å². The first-order valence-electron chi connectivity index (χ1n) is 6.86. The summed E-state index contributed by atoms with van der Waals surface area (Å²) < 4.78 is 0. The van der Waals surface area contributed by atoms with Crippen molar-refractivity contribution in [2.75, 3.05) is 6.54 Å². The molecule has 0 bridgehead atoms. The van der Waals surface area contributed by atoms with Crippen molar-refractivity contribution in [1.82, 2.24) is 0 Å². The summed E-state index contributed by atoms with van der Waals surface area (Å²) in [7, 11) is 0. The first-order valence-corrected chi connectivity index (χ1v) is 6.86. The maximum absolute atomic E-state index is 11.1. The predicted octanol–water partition coefficient (Wildman–Crippen LogP) is 3.13. The Hall–Kier alpha value is -0.570. The lowest BCUT2D eigenvalue weighted by molar-refractivity contribution is -0.168. The smallest absolute Gasteiger partial charge is 0.303 e. The van der Waals surface area contributed by atoms with E-state index in [1.54, 1.807) is 0 Å². The summed E-state index contributed by atoms with van der Waals surface area (Å²) in [5.41, 5.74) is 6.06. The third kappa shape index (κ3) is 2.71. The Morgan fingerprint density at radius 2 is 1.72 bits per heavy atom. The van der Waals surface area contributed by atoms with Crippen LogP contribution in [0.2, 0.25) is 0 Å². The molecule has 0 saturated heterocycles. The van der Waals surface area contributed by atoms with Gasteiger partial charge in [-0.2, -0.15) is 0 Å². The van der Waals surface area contributed by atoms with Gasteiger partial charge in [-0.05, 0) is 41.0 Å². The second-order valence-corrected chi connectivity index (χ2v) is 8.16. The van der Waals surface area contributed by atoms with E-state index in [0.29, 0.717) is 18.4 Å². The summed E-state index contributed by atoms with van der Waals surface area (Å²) in [6.45, 7) is 13.9. The number of carbonyl (C=O) groups is 1. The van der Waals surface area contributed by atoms with Gasteiger partial charge >= 0.3 is 5.97 Å². The maximum atomic E-state index is 11.1. The molecule has 3 heteroatoms. The number of carboxylic acid groups (broad SMARTS) is 1. The van der Waals surface area contributed by atoms with Crippen LogP contribution in [0.3, 0.4) is 0 Å². The summed E-state index contributed by atoms with van der Waals surface area (Å²) in [5.74, 6) is 0.216. The lowest BCUT2D eigenvalue weighted by Crippen LogP contribution is -2.61. The van der Waals surface area contributed by atoms with Crippen LogP contribution in [-0.2, 0) is 4.79 Å². The third-order valence-corrected chi connectivity index (χ3v) is 4.64. The molecule has 1 rings (SSSR count). The van der Waals surface area contributed by atoms with Crippen LogP contribution in [-0.4, -0.2) is 17.6 Å². The Labute approximate surface area is 111 Å². The van der Waals surface area contributed by atoms with Crippen molar-refractivity contribution >= 4 is 5.97 Å². The Morgan fingerprint density at radius 3 is 2.00 bits per heavy atom. The van der Waals surface area contributed by atoms with E-state index in [2.05, 4.69) is 41.5 Å². The molecule has 0 amide bonds. The molecule has 1 saturated carbocycles. The molecule has 18 heavy (non-hydrogen) atoms. The van der Waals surface area contributed by atoms with Crippen molar-refractivity contribution in [2.24, 2.45) is 33.8 Å². The lowest BCUT2D eigenvalue weighted by atomic mass is 9.41. The van der Waals surface area contributed by atoms with E-state index in [9.17, 15) is 4.79 Å². The van der Waals surface area contributed by atoms with E-state index in [-0.39, 0.29) is 22.7 Å². The molecule has 3 atom stereocenters. The zero-order valence-corrected chi connectivity index (χ0v) is 12.7. The molecule has 106 valence electrons. The second-order valence-electron chi connectivity index (χ2n) is 8.16. The largest absolute Gasteiger partial charge is 0.481 e. The van der Waals surface area contributed by atoms with Crippen LogP contribution in [0.5, 0.6) is 0 Å². The minimum Gasteiger partial charge on any atom is -0.481 e. The zero-order chi connectivity index (χ0) is 14.4. The molecule has 0 aromatic heterocycles. The van der Waals surface area contributed by atoms with Crippen molar-refractivity contribution in [1.29, 1.82) is 0 Å². The molecule has 1 fully saturated rings. The molecule has 0 radical (unpaired) electrons. The number of carboxylic acids is 1. The summed E-state index contributed by atoms with van der Waals surface area (Å²) >= 11 is 0. The van der Waals surface area contributed by atoms with Crippen LogP contribution in [0.1, 0.15) is 54.4 Å². The fourth-order valence-corrected chi connectivity index (χ4v) is 4.04. The number of nitrogens with two attached hydrogens (primary N) is 1. The highest BCUT2D eigenvalue weighted by Crippen LogP contribution is 2.64.